The van der Waals surface area contributed by atoms with E-state index in [-0.39, 0.29) is 23.6 Å². The first kappa shape index (κ1) is 18.5. The van der Waals surface area contributed by atoms with E-state index in [1.807, 2.05) is 29.2 Å². The predicted octanol–water partition coefficient (Wildman–Crippen LogP) is 3.68. The highest BCUT2D eigenvalue weighted by molar-refractivity contribution is 6.31. The van der Waals surface area contributed by atoms with Gasteiger partial charge in [0.05, 0.1) is 6.26 Å². The molecule has 138 valence electrons. The number of furan rings is 1. The van der Waals surface area contributed by atoms with Crippen LogP contribution in [0.5, 0.6) is 0 Å². The highest BCUT2D eigenvalue weighted by atomic mass is 35.5. The van der Waals surface area contributed by atoms with Crippen LogP contribution in [0.4, 0.5) is 0 Å². The van der Waals surface area contributed by atoms with Gasteiger partial charge in [-0.3, -0.25) is 9.59 Å². The van der Waals surface area contributed by atoms with Crippen molar-refractivity contribution in [2.24, 2.45) is 0 Å². The fourth-order valence-corrected chi connectivity index (χ4v) is 3.59. The van der Waals surface area contributed by atoms with Crippen molar-refractivity contribution in [1.82, 2.24) is 10.2 Å². The third-order valence-electron chi connectivity index (χ3n) is 4.71. The van der Waals surface area contributed by atoms with Crippen LogP contribution < -0.4 is 5.32 Å². The van der Waals surface area contributed by atoms with Crippen molar-refractivity contribution in [2.75, 3.05) is 13.1 Å². The number of hydrogen-bond donors (Lipinski definition) is 1. The van der Waals surface area contributed by atoms with Crippen LogP contribution in [0.25, 0.3) is 0 Å². The lowest BCUT2D eigenvalue weighted by atomic mass is 10.0. The number of carbonyl (C=O) groups is 2. The molecule has 1 unspecified atom stereocenters. The Labute approximate surface area is 158 Å². The van der Waals surface area contributed by atoms with Gasteiger partial charge in [-0.25, -0.2) is 0 Å². The summed E-state index contributed by atoms with van der Waals surface area (Å²) in [6.07, 6.45) is 5.33. The average molecular weight is 375 g/mol. The summed E-state index contributed by atoms with van der Waals surface area (Å²) in [6, 6.07) is 11.3. The van der Waals surface area contributed by atoms with Crippen molar-refractivity contribution in [1.29, 1.82) is 0 Å². The number of nitrogens with one attached hydrogen (secondary N) is 1. The molecule has 3 rings (SSSR count). The molecule has 1 N–H and O–H groups in total. The van der Waals surface area contributed by atoms with Gasteiger partial charge in [0, 0.05) is 30.6 Å². The maximum absolute atomic E-state index is 12.6. The number of rotatable bonds is 7. The van der Waals surface area contributed by atoms with E-state index < -0.39 is 0 Å². The normalized spacial score (nSPS) is 16.7. The van der Waals surface area contributed by atoms with Gasteiger partial charge in [-0.2, -0.15) is 0 Å². The summed E-state index contributed by atoms with van der Waals surface area (Å²) in [6.45, 7) is 1.25. The van der Waals surface area contributed by atoms with Crippen molar-refractivity contribution < 1.29 is 14.0 Å². The average Bonchev–Trinajstić information content (AvgIpc) is 3.32. The van der Waals surface area contributed by atoms with Gasteiger partial charge in [-0.15, -0.1) is 0 Å². The topological polar surface area (TPSA) is 62.6 Å². The van der Waals surface area contributed by atoms with Crippen LogP contribution in [-0.2, 0) is 11.2 Å². The van der Waals surface area contributed by atoms with Crippen LogP contribution in [-0.4, -0.2) is 35.8 Å². The number of carbonyl (C=O) groups excluding carboxylic acids is 2. The van der Waals surface area contributed by atoms with E-state index in [4.69, 9.17) is 16.0 Å². The first-order valence-electron chi connectivity index (χ1n) is 8.99. The number of likely N-dealkylation sites (tertiary alicyclic amines) is 1. The maximum atomic E-state index is 12.6. The predicted molar refractivity (Wildman–Crippen MR) is 100 cm³/mol. The number of nitrogens with zero attached hydrogens (tertiary/aromatic N) is 1. The summed E-state index contributed by atoms with van der Waals surface area (Å²) in [4.78, 5) is 26.3. The van der Waals surface area contributed by atoms with Crippen molar-refractivity contribution in [3.63, 3.8) is 0 Å². The maximum Gasteiger partial charge on any atom is 0.286 e. The van der Waals surface area contributed by atoms with Crippen molar-refractivity contribution in [3.05, 3.63) is 59.0 Å². The minimum absolute atomic E-state index is 0.145. The molecule has 1 saturated heterocycles. The second kappa shape index (κ2) is 8.90. The summed E-state index contributed by atoms with van der Waals surface area (Å²) in [5, 5.41) is 3.53. The van der Waals surface area contributed by atoms with E-state index in [9.17, 15) is 9.59 Å². The molecule has 0 bridgehead atoms. The van der Waals surface area contributed by atoms with Gasteiger partial charge in [0.1, 0.15) is 0 Å². The fourth-order valence-electron chi connectivity index (χ4n) is 3.37. The molecule has 1 fully saturated rings. The molecule has 0 radical (unpaired) electrons. The minimum Gasteiger partial charge on any atom is -0.459 e. The third-order valence-corrected chi connectivity index (χ3v) is 5.08. The van der Waals surface area contributed by atoms with Crippen molar-refractivity contribution in [3.8, 4) is 0 Å². The van der Waals surface area contributed by atoms with Gasteiger partial charge in [-0.05, 0) is 49.4 Å². The minimum atomic E-state index is -0.250. The van der Waals surface area contributed by atoms with E-state index in [0.717, 1.165) is 36.4 Å². The van der Waals surface area contributed by atoms with Crippen LogP contribution in [0.3, 0.4) is 0 Å². The van der Waals surface area contributed by atoms with Crippen molar-refractivity contribution in [2.45, 2.75) is 38.1 Å². The molecule has 6 heteroatoms. The molecule has 5 nitrogen and oxygen atoms in total. The lowest BCUT2D eigenvalue weighted by Gasteiger charge is -2.25. The Hall–Kier alpha value is -2.27. The number of amides is 2. The third kappa shape index (κ3) is 4.67. The fraction of sp³-hybridized carbons (Fsp3) is 0.400. The van der Waals surface area contributed by atoms with E-state index in [2.05, 4.69) is 5.32 Å². The largest absolute Gasteiger partial charge is 0.459 e. The Balaban J connectivity index is 1.44. The first-order valence-corrected chi connectivity index (χ1v) is 9.37. The Morgan fingerprint density at radius 3 is 2.85 bits per heavy atom. The van der Waals surface area contributed by atoms with E-state index in [0.29, 0.717) is 19.4 Å². The molecule has 2 amide bonds. The lowest BCUT2D eigenvalue weighted by molar-refractivity contribution is -0.132. The second-order valence-electron chi connectivity index (χ2n) is 6.52. The van der Waals surface area contributed by atoms with E-state index in [1.54, 1.807) is 12.1 Å². The second-order valence-corrected chi connectivity index (χ2v) is 6.92. The molecule has 2 aromatic rings. The Bertz CT molecular complexity index is 745. The van der Waals surface area contributed by atoms with Crippen LogP contribution in [0.2, 0.25) is 5.02 Å². The Morgan fingerprint density at radius 1 is 1.23 bits per heavy atom. The summed E-state index contributed by atoms with van der Waals surface area (Å²) in [5.41, 5.74) is 1.09. The standard InChI is InChI=1S/C20H23ClN2O3/c21-17-8-2-1-6-15(17)14-16-7-4-12-23(16)19(24)10-3-11-22-20(25)18-9-5-13-26-18/h1-2,5-6,8-9,13,16H,3-4,7,10-12,14H2,(H,22,25). The Morgan fingerprint density at radius 2 is 2.08 bits per heavy atom. The molecule has 0 spiro atoms. The summed E-state index contributed by atoms with van der Waals surface area (Å²) in [5.74, 6) is 0.183. The number of hydrogen-bond acceptors (Lipinski definition) is 3. The number of benzene rings is 1. The smallest absolute Gasteiger partial charge is 0.286 e. The van der Waals surface area contributed by atoms with Gasteiger partial charge < -0.3 is 14.6 Å². The highest BCUT2D eigenvalue weighted by Gasteiger charge is 2.28. The van der Waals surface area contributed by atoms with Crippen LogP contribution >= 0.6 is 11.6 Å². The zero-order chi connectivity index (χ0) is 18.4. The van der Waals surface area contributed by atoms with Crippen LogP contribution in [0, 0.1) is 0 Å². The SMILES string of the molecule is O=C(NCCCC(=O)N1CCCC1Cc1ccccc1Cl)c1ccco1. The molecular formula is C20H23ClN2O3. The Kier molecular flexibility index (Phi) is 6.34. The molecule has 1 aliphatic heterocycles. The molecule has 1 aliphatic rings. The van der Waals surface area contributed by atoms with Gasteiger partial charge in [0.15, 0.2) is 5.76 Å². The highest BCUT2D eigenvalue weighted by Crippen LogP contribution is 2.25. The molecule has 0 saturated carbocycles. The van der Waals surface area contributed by atoms with Crippen LogP contribution in [0.15, 0.2) is 47.1 Å². The van der Waals surface area contributed by atoms with Crippen LogP contribution in [0.1, 0.15) is 41.8 Å². The molecule has 0 aliphatic carbocycles. The molecule has 1 atom stereocenters. The van der Waals surface area contributed by atoms with Gasteiger partial charge >= 0.3 is 0 Å². The van der Waals surface area contributed by atoms with E-state index in [1.165, 1.54) is 6.26 Å². The summed E-state index contributed by atoms with van der Waals surface area (Å²) >= 11 is 6.25. The van der Waals surface area contributed by atoms with Gasteiger partial charge in [-0.1, -0.05) is 29.8 Å². The van der Waals surface area contributed by atoms with Gasteiger partial charge in [0.25, 0.3) is 5.91 Å². The molecule has 26 heavy (non-hydrogen) atoms. The zero-order valence-electron chi connectivity index (χ0n) is 14.6. The molecule has 1 aromatic heterocycles. The summed E-state index contributed by atoms with van der Waals surface area (Å²) < 4.78 is 5.04. The first-order chi connectivity index (χ1) is 12.6. The van der Waals surface area contributed by atoms with Gasteiger partial charge in [0.2, 0.25) is 5.91 Å². The molecular weight excluding hydrogens is 352 g/mol. The zero-order valence-corrected chi connectivity index (χ0v) is 15.4. The molecule has 1 aromatic carbocycles. The monoisotopic (exact) mass is 374 g/mol. The van der Waals surface area contributed by atoms with E-state index >= 15 is 0 Å². The quantitative estimate of drug-likeness (QED) is 0.752. The van der Waals surface area contributed by atoms with Crippen molar-refractivity contribution >= 4 is 23.4 Å². The summed E-state index contributed by atoms with van der Waals surface area (Å²) in [7, 11) is 0. The lowest BCUT2D eigenvalue weighted by Crippen LogP contribution is -2.37. The number of halogens is 1. The molecule has 2 heterocycles.